The molecule has 0 aromatic carbocycles. The monoisotopic (exact) mass is 245 g/mol. The van der Waals surface area contributed by atoms with Gasteiger partial charge in [0.25, 0.3) is 0 Å². The third-order valence-corrected chi connectivity index (χ3v) is 3.27. The highest BCUT2D eigenvalue weighted by Gasteiger charge is 1.97. The largest absolute Gasteiger partial charge is 0.370 e. The first-order valence-electron chi connectivity index (χ1n) is 4.62. The highest BCUT2D eigenvalue weighted by atomic mass is 32.2. The molecule has 1 heterocycles. The fraction of sp³-hybridized carbons (Fsp3) is 0.556. The maximum Gasteiger partial charge on any atom is 0.130 e. The lowest BCUT2D eigenvalue weighted by Crippen LogP contribution is -2.07. The minimum atomic E-state index is -0.706. The van der Waals surface area contributed by atoms with Crippen molar-refractivity contribution < 1.29 is 4.21 Å². The molecule has 4 nitrogen and oxygen atoms in total. The maximum atomic E-state index is 10.8. The smallest absolute Gasteiger partial charge is 0.130 e. The Kier molecular flexibility index (Phi) is 5.63. The van der Waals surface area contributed by atoms with Gasteiger partial charge in [0.05, 0.1) is 0 Å². The van der Waals surface area contributed by atoms with Crippen LogP contribution in [-0.2, 0) is 10.8 Å². The summed E-state index contributed by atoms with van der Waals surface area (Å²) in [4.78, 5) is 8.17. The van der Waals surface area contributed by atoms with Crippen LogP contribution in [0.1, 0.15) is 6.42 Å². The molecular weight excluding hydrogens is 230 g/mol. The molecule has 1 aromatic rings. The number of hydrogen-bond acceptors (Lipinski definition) is 5. The number of nitrogens with one attached hydrogen (secondary N) is 1. The minimum absolute atomic E-state index is 0.706. The minimum Gasteiger partial charge on any atom is -0.370 e. The van der Waals surface area contributed by atoms with Crippen LogP contribution in [0.2, 0.25) is 0 Å². The zero-order chi connectivity index (χ0) is 11.1. The van der Waals surface area contributed by atoms with Crippen LogP contribution in [0.5, 0.6) is 0 Å². The van der Waals surface area contributed by atoms with Gasteiger partial charge in [-0.25, -0.2) is 9.97 Å². The summed E-state index contributed by atoms with van der Waals surface area (Å²) in [6.45, 7) is 0.796. The van der Waals surface area contributed by atoms with Gasteiger partial charge in [0.15, 0.2) is 0 Å². The lowest BCUT2D eigenvalue weighted by molar-refractivity contribution is 0.685. The first kappa shape index (κ1) is 12.4. The van der Waals surface area contributed by atoms with Crippen molar-refractivity contribution in [3.05, 3.63) is 12.4 Å². The first-order chi connectivity index (χ1) is 7.22. The van der Waals surface area contributed by atoms with E-state index < -0.39 is 10.8 Å². The van der Waals surface area contributed by atoms with Crippen molar-refractivity contribution in [2.24, 2.45) is 0 Å². The van der Waals surface area contributed by atoms with Crippen LogP contribution in [0.3, 0.4) is 0 Å². The van der Waals surface area contributed by atoms with Crippen LogP contribution in [0.15, 0.2) is 17.4 Å². The lowest BCUT2D eigenvalue weighted by atomic mass is 10.4. The summed E-state index contributed by atoms with van der Waals surface area (Å²) in [5.41, 5.74) is 0. The Balaban J connectivity index is 2.33. The number of hydrogen-bond donors (Lipinski definition) is 1. The second-order valence-corrected chi connectivity index (χ2v) is 5.38. The van der Waals surface area contributed by atoms with Gasteiger partial charge in [-0.05, 0) is 12.7 Å². The predicted octanol–water partition coefficient (Wildman–Crippen LogP) is 1.38. The van der Waals surface area contributed by atoms with E-state index in [2.05, 4.69) is 15.3 Å². The maximum absolute atomic E-state index is 10.8. The molecule has 0 amide bonds. The van der Waals surface area contributed by atoms with E-state index in [4.69, 9.17) is 0 Å². The number of rotatable bonds is 6. The van der Waals surface area contributed by atoms with Crippen molar-refractivity contribution in [2.45, 2.75) is 11.4 Å². The summed E-state index contributed by atoms with van der Waals surface area (Å²) in [7, 11) is -0.706. The molecule has 0 bridgehead atoms. The Morgan fingerprint density at radius 1 is 1.53 bits per heavy atom. The second-order valence-electron chi connectivity index (χ2n) is 3.00. The molecule has 0 aliphatic carbocycles. The van der Waals surface area contributed by atoms with Crippen molar-refractivity contribution in [2.75, 3.05) is 30.1 Å². The highest BCUT2D eigenvalue weighted by Crippen LogP contribution is 2.13. The van der Waals surface area contributed by atoms with Gasteiger partial charge in [0.2, 0.25) is 0 Å². The topological polar surface area (TPSA) is 54.9 Å². The van der Waals surface area contributed by atoms with Crippen LogP contribution in [0, 0.1) is 0 Å². The molecule has 15 heavy (non-hydrogen) atoms. The average Bonchev–Trinajstić information content (AvgIpc) is 2.24. The summed E-state index contributed by atoms with van der Waals surface area (Å²) in [5, 5.41) is 4.13. The molecule has 1 N–H and O–H groups in total. The van der Waals surface area contributed by atoms with Gasteiger partial charge in [-0.3, -0.25) is 4.21 Å². The summed E-state index contributed by atoms with van der Waals surface area (Å²) >= 11 is 1.59. The van der Waals surface area contributed by atoms with E-state index >= 15 is 0 Å². The van der Waals surface area contributed by atoms with Crippen molar-refractivity contribution in [1.29, 1.82) is 0 Å². The summed E-state index contributed by atoms with van der Waals surface area (Å²) in [5.74, 6) is 1.56. The van der Waals surface area contributed by atoms with Gasteiger partial charge >= 0.3 is 0 Å². The number of anilines is 1. The predicted molar refractivity (Wildman–Crippen MR) is 65.9 cm³/mol. The molecule has 0 aliphatic rings. The number of thioether (sulfide) groups is 1. The SMILES string of the molecule is CSc1cc(NCCCS(C)=O)ncn1. The van der Waals surface area contributed by atoms with Crippen LogP contribution in [0.4, 0.5) is 5.82 Å². The van der Waals surface area contributed by atoms with Crippen molar-refractivity contribution in [3.8, 4) is 0 Å². The third-order valence-electron chi connectivity index (χ3n) is 1.77. The molecule has 0 spiro atoms. The number of aromatic nitrogens is 2. The molecule has 84 valence electrons. The van der Waals surface area contributed by atoms with Crippen molar-refractivity contribution in [1.82, 2.24) is 9.97 Å². The molecule has 6 heteroatoms. The molecular formula is C9H15N3OS2. The van der Waals surface area contributed by atoms with E-state index in [9.17, 15) is 4.21 Å². The van der Waals surface area contributed by atoms with Crippen molar-refractivity contribution >= 4 is 28.4 Å². The molecule has 1 aromatic heterocycles. The Bertz CT molecular complexity index is 333. The van der Waals surface area contributed by atoms with Gasteiger partial charge < -0.3 is 5.32 Å². The summed E-state index contributed by atoms with van der Waals surface area (Å²) < 4.78 is 10.8. The van der Waals surface area contributed by atoms with Gasteiger partial charge in [0, 0.05) is 35.4 Å². The molecule has 1 rings (SSSR count). The Morgan fingerprint density at radius 2 is 2.33 bits per heavy atom. The lowest BCUT2D eigenvalue weighted by Gasteiger charge is -2.04. The van der Waals surface area contributed by atoms with Crippen molar-refractivity contribution in [3.63, 3.8) is 0 Å². The van der Waals surface area contributed by atoms with Gasteiger partial charge in [-0.2, -0.15) is 0 Å². The van der Waals surface area contributed by atoms with Crippen LogP contribution >= 0.6 is 11.8 Å². The quantitative estimate of drug-likeness (QED) is 0.466. The Labute approximate surface area is 96.7 Å². The fourth-order valence-corrected chi connectivity index (χ4v) is 1.97. The first-order valence-corrected chi connectivity index (χ1v) is 7.57. The zero-order valence-corrected chi connectivity index (χ0v) is 10.5. The molecule has 0 aliphatic heterocycles. The van der Waals surface area contributed by atoms with E-state index in [-0.39, 0.29) is 0 Å². The Morgan fingerprint density at radius 3 is 3.00 bits per heavy atom. The molecule has 0 radical (unpaired) electrons. The van der Waals surface area contributed by atoms with E-state index in [1.165, 1.54) is 0 Å². The standard InChI is InChI=1S/C9H15N3OS2/c1-14-9-6-8(11-7-12-9)10-4-3-5-15(2)13/h6-7H,3-5H2,1-2H3,(H,10,11,12). The van der Waals surface area contributed by atoms with Crippen LogP contribution < -0.4 is 5.32 Å². The molecule has 0 saturated carbocycles. The molecule has 0 saturated heterocycles. The van der Waals surface area contributed by atoms with E-state index in [0.29, 0.717) is 0 Å². The zero-order valence-electron chi connectivity index (χ0n) is 8.90. The molecule has 0 fully saturated rings. The van der Waals surface area contributed by atoms with Crippen LogP contribution in [-0.4, -0.2) is 39.0 Å². The van der Waals surface area contributed by atoms with Gasteiger partial charge in [0.1, 0.15) is 17.2 Å². The van der Waals surface area contributed by atoms with E-state index in [1.807, 2.05) is 12.3 Å². The number of nitrogens with zero attached hydrogens (tertiary/aromatic N) is 2. The molecule has 1 unspecified atom stereocenters. The van der Waals surface area contributed by atoms with Crippen LogP contribution in [0.25, 0.3) is 0 Å². The summed E-state index contributed by atoms with van der Waals surface area (Å²) in [6.07, 6.45) is 6.14. The third kappa shape index (κ3) is 5.13. The average molecular weight is 245 g/mol. The van der Waals surface area contributed by atoms with E-state index in [1.54, 1.807) is 24.3 Å². The van der Waals surface area contributed by atoms with Gasteiger partial charge in [-0.15, -0.1) is 11.8 Å². The summed E-state index contributed by atoms with van der Waals surface area (Å²) in [6, 6.07) is 1.91. The fourth-order valence-electron chi connectivity index (χ4n) is 1.04. The molecule has 1 atom stereocenters. The second kappa shape index (κ2) is 6.79. The Hall–Kier alpha value is -0.620. The normalized spacial score (nSPS) is 12.4. The highest BCUT2D eigenvalue weighted by molar-refractivity contribution is 7.98. The van der Waals surface area contributed by atoms with Gasteiger partial charge in [-0.1, -0.05) is 0 Å². The van der Waals surface area contributed by atoms with E-state index in [0.717, 1.165) is 29.6 Å².